The van der Waals surface area contributed by atoms with Crippen molar-refractivity contribution in [2.24, 2.45) is 4.99 Å². The van der Waals surface area contributed by atoms with Gasteiger partial charge in [0.05, 0.1) is 17.2 Å². The molecule has 2 aromatic carbocycles. The molecule has 1 amide bonds. The fourth-order valence-corrected chi connectivity index (χ4v) is 5.12. The summed E-state index contributed by atoms with van der Waals surface area (Å²) in [6, 6.07) is 17.1. The molecule has 7 nitrogen and oxygen atoms in total. The maximum atomic E-state index is 12.8. The lowest BCUT2D eigenvalue weighted by atomic mass is 10.1. The number of hydrogen-bond donors (Lipinski definition) is 1. The van der Waals surface area contributed by atoms with Gasteiger partial charge in [-0.2, -0.15) is 0 Å². The van der Waals surface area contributed by atoms with Crippen LogP contribution in [-0.4, -0.2) is 51.2 Å². The van der Waals surface area contributed by atoms with Crippen molar-refractivity contribution in [1.82, 2.24) is 9.47 Å². The van der Waals surface area contributed by atoms with Gasteiger partial charge in [-0.05, 0) is 45.0 Å². The fraction of sp³-hybridized carbons (Fsp3) is 0.250. The molecular weight excluding hydrogens is 474 g/mol. The van der Waals surface area contributed by atoms with E-state index in [2.05, 4.69) is 4.99 Å². The summed E-state index contributed by atoms with van der Waals surface area (Å²) in [6.07, 6.45) is 3.73. The van der Waals surface area contributed by atoms with E-state index in [-0.39, 0.29) is 30.4 Å². The van der Waals surface area contributed by atoms with Gasteiger partial charge in [-0.1, -0.05) is 48.2 Å². The number of nitrogens with zero attached hydrogens (tertiary/aromatic N) is 3. The number of aromatic nitrogens is 1. The molecule has 186 valence electrons. The Kier molecular flexibility index (Phi) is 7.95. The molecule has 0 saturated carbocycles. The maximum absolute atomic E-state index is 12.8. The third kappa shape index (κ3) is 5.23. The number of benzene rings is 2. The summed E-state index contributed by atoms with van der Waals surface area (Å²) in [5.74, 6) is -0.739. The second kappa shape index (κ2) is 11.3. The molecule has 0 unspecified atom stereocenters. The molecule has 3 aromatic rings. The van der Waals surface area contributed by atoms with Crippen molar-refractivity contribution in [3.05, 3.63) is 82.6 Å². The number of carbonyl (C=O) groups excluding carboxylic acids is 2. The third-order valence-corrected chi connectivity index (χ3v) is 6.90. The highest BCUT2D eigenvalue weighted by Crippen LogP contribution is 2.41. The molecule has 1 aliphatic heterocycles. The minimum Gasteiger partial charge on any atom is -0.506 e. The molecule has 1 aromatic heterocycles. The molecule has 0 saturated heterocycles. The quantitative estimate of drug-likeness (QED) is 0.399. The Morgan fingerprint density at radius 1 is 1.06 bits per heavy atom. The number of para-hydroxylation sites is 2. The van der Waals surface area contributed by atoms with Crippen LogP contribution in [0.1, 0.15) is 26.3 Å². The molecule has 0 aliphatic carbocycles. The Morgan fingerprint density at radius 3 is 2.44 bits per heavy atom. The van der Waals surface area contributed by atoms with Crippen LogP contribution < -0.4 is 0 Å². The number of amides is 1. The van der Waals surface area contributed by atoms with E-state index in [0.29, 0.717) is 28.7 Å². The zero-order valence-electron chi connectivity index (χ0n) is 20.6. The predicted octanol–water partition coefficient (Wildman–Crippen LogP) is 5.70. The standard InChI is InChI=1S/C28H29N3O4S/c1-4-30(5-2)24(32)18-31-17-19(21-14-10-11-15-22(21)31)16-23-26(33)25(28(34)35-6-3)27(36-23)29-20-12-8-7-9-13-20/h7-17,33H,4-6,18H2,1-3H3/b23-16-,29-27?. The summed E-state index contributed by atoms with van der Waals surface area (Å²) in [5.41, 5.74) is 2.47. The van der Waals surface area contributed by atoms with Crippen molar-refractivity contribution in [3.63, 3.8) is 0 Å². The summed E-state index contributed by atoms with van der Waals surface area (Å²) in [5, 5.41) is 12.4. The molecule has 36 heavy (non-hydrogen) atoms. The highest BCUT2D eigenvalue weighted by molar-refractivity contribution is 8.18. The van der Waals surface area contributed by atoms with Gasteiger partial charge in [-0.3, -0.25) is 4.79 Å². The molecule has 1 aliphatic rings. The van der Waals surface area contributed by atoms with Gasteiger partial charge in [0.1, 0.15) is 22.9 Å². The average molecular weight is 504 g/mol. The molecule has 2 heterocycles. The van der Waals surface area contributed by atoms with Gasteiger partial charge < -0.3 is 19.3 Å². The van der Waals surface area contributed by atoms with Gasteiger partial charge in [0.2, 0.25) is 5.91 Å². The molecule has 1 N–H and O–H groups in total. The first-order chi connectivity index (χ1) is 17.5. The van der Waals surface area contributed by atoms with Crippen LogP contribution in [0, 0.1) is 0 Å². The molecule has 0 atom stereocenters. The Morgan fingerprint density at radius 2 is 1.75 bits per heavy atom. The van der Waals surface area contributed by atoms with Crippen LogP contribution in [0.2, 0.25) is 0 Å². The van der Waals surface area contributed by atoms with E-state index < -0.39 is 5.97 Å². The van der Waals surface area contributed by atoms with Crippen LogP contribution in [0.25, 0.3) is 17.0 Å². The van der Waals surface area contributed by atoms with Crippen LogP contribution in [0.5, 0.6) is 0 Å². The second-order valence-corrected chi connectivity index (χ2v) is 9.13. The first-order valence-corrected chi connectivity index (χ1v) is 12.8. The van der Waals surface area contributed by atoms with Crippen molar-refractivity contribution in [2.45, 2.75) is 27.3 Å². The zero-order chi connectivity index (χ0) is 25.7. The van der Waals surface area contributed by atoms with Crippen molar-refractivity contribution >= 4 is 51.3 Å². The summed E-state index contributed by atoms with van der Waals surface area (Å²) >= 11 is 1.22. The van der Waals surface area contributed by atoms with E-state index in [1.807, 2.05) is 85.3 Å². The number of likely N-dealkylation sites (N-methyl/N-ethyl adjacent to an activating group) is 1. The highest BCUT2D eigenvalue weighted by atomic mass is 32.2. The monoisotopic (exact) mass is 503 g/mol. The van der Waals surface area contributed by atoms with E-state index >= 15 is 0 Å². The Balaban J connectivity index is 1.76. The maximum Gasteiger partial charge on any atom is 0.344 e. The van der Waals surface area contributed by atoms with Crippen LogP contribution in [0.3, 0.4) is 0 Å². The first kappa shape index (κ1) is 25.3. The fourth-order valence-electron chi connectivity index (χ4n) is 4.10. The lowest BCUT2D eigenvalue weighted by molar-refractivity contribution is -0.138. The minimum absolute atomic E-state index is 0.0415. The van der Waals surface area contributed by atoms with E-state index in [9.17, 15) is 14.7 Å². The molecule has 0 radical (unpaired) electrons. The minimum atomic E-state index is -0.618. The number of thioether (sulfide) groups is 1. The largest absolute Gasteiger partial charge is 0.506 e. The van der Waals surface area contributed by atoms with Gasteiger partial charge in [0, 0.05) is 35.8 Å². The third-order valence-electron chi connectivity index (χ3n) is 5.88. The average Bonchev–Trinajstić information content (AvgIpc) is 3.37. The van der Waals surface area contributed by atoms with E-state index in [4.69, 9.17) is 4.74 Å². The summed E-state index contributed by atoms with van der Waals surface area (Å²) in [4.78, 5) is 32.4. The Labute approximate surface area is 214 Å². The molecule has 4 rings (SSSR count). The van der Waals surface area contributed by atoms with E-state index in [1.165, 1.54) is 11.8 Å². The first-order valence-electron chi connectivity index (χ1n) is 12.0. The SMILES string of the molecule is CCOC(=O)C1=C(O)/C(=C/c2cn(CC(=O)N(CC)CC)c3ccccc23)SC1=Nc1ccccc1. The molecule has 0 spiro atoms. The topological polar surface area (TPSA) is 84.1 Å². The summed E-state index contributed by atoms with van der Waals surface area (Å²) in [7, 11) is 0. The molecule has 0 bridgehead atoms. The van der Waals surface area contributed by atoms with Crippen molar-refractivity contribution in [2.75, 3.05) is 19.7 Å². The number of aliphatic hydroxyl groups excluding tert-OH is 1. The number of carbonyl (C=O) groups is 2. The predicted molar refractivity (Wildman–Crippen MR) is 145 cm³/mol. The Bertz CT molecular complexity index is 1370. The number of rotatable bonds is 8. The Hall–Kier alpha value is -3.78. The number of esters is 1. The second-order valence-electron chi connectivity index (χ2n) is 8.10. The van der Waals surface area contributed by atoms with Crippen molar-refractivity contribution in [1.29, 1.82) is 0 Å². The molecular formula is C28H29N3O4S. The van der Waals surface area contributed by atoms with Crippen LogP contribution in [0.4, 0.5) is 5.69 Å². The van der Waals surface area contributed by atoms with E-state index in [1.54, 1.807) is 11.8 Å². The highest BCUT2D eigenvalue weighted by Gasteiger charge is 2.33. The smallest absolute Gasteiger partial charge is 0.344 e. The number of fused-ring (bicyclic) bond motifs is 1. The van der Waals surface area contributed by atoms with Crippen molar-refractivity contribution in [3.8, 4) is 0 Å². The van der Waals surface area contributed by atoms with Gasteiger partial charge in [0.25, 0.3) is 0 Å². The van der Waals surface area contributed by atoms with Crippen LogP contribution in [-0.2, 0) is 20.9 Å². The van der Waals surface area contributed by atoms with Gasteiger partial charge in [-0.25, -0.2) is 9.79 Å². The van der Waals surface area contributed by atoms with Gasteiger partial charge in [0.15, 0.2) is 0 Å². The lowest BCUT2D eigenvalue weighted by Gasteiger charge is -2.19. The van der Waals surface area contributed by atoms with Gasteiger partial charge >= 0.3 is 5.97 Å². The lowest BCUT2D eigenvalue weighted by Crippen LogP contribution is -2.33. The van der Waals surface area contributed by atoms with E-state index in [0.717, 1.165) is 16.5 Å². The van der Waals surface area contributed by atoms with Crippen molar-refractivity contribution < 1.29 is 19.4 Å². The number of hydrogen-bond acceptors (Lipinski definition) is 6. The normalized spacial score (nSPS) is 15.8. The number of aliphatic hydroxyl groups is 1. The zero-order valence-corrected chi connectivity index (χ0v) is 21.4. The molecule has 8 heteroatoms. The molecule has 0 fully saturated rings. The summed E-state index contributed by atoms with van der Waals surface area (Å²) < 4.78 is 7.12. The van der Waals surface area contributed by atoms with Crippen LogP contribution in [0.15, 0.2) is 82.0 Å². The summed E-state index contributed by atoms with van der Waals surface area (Å²) in [6.45, 7) is 7.36. The van der Waals surface area contributed by atoms with Crippen LogP contribution >= 0.6 is 11.8 Å². The number of aliphatic imine (C=N–C) groups is 1. The number of ether oxygens (including phenoxy) is 1. The van der Waals surface area contributed by atoms with Gasteiger partial charge in [-0.15, -0.1) is 0 Å².